The Bertz CT molecular complexity index is 398. The van der Waals surface area contributed by atoms with E-state index in [4.69, 9.17) is 15.3 Å². The monoisotopic (exact) mass is 214 g/mol. The zero-order chi connectivity index (χ0) is 11.6. The van der Waals surface area contributed by atoms with E-state index in [1.807, 2.05) is 0 Å². The van der Waals surface area contributed by atoms with E-state index in [-0.39, 0.29) is 6.61 Å². The molecule has 0 atom stereocenters. The summed E-state index contributed by atoms with van der Waals surface area (Å²) in [6, 6.07) is 0.808. The topological polar surface area (TPSA) is 107 Å². The number of esters is 1. The Balaban J connectivity index is 3.26. The minimum Gasteiger partial charge on any atom is -0.504 e. The van der Waals surface area contributed by atoms with Crippen molar-refractivity contribution >= 4 is 5.97 Å². The summed E-state index contributed by atoms with van der Waals surface area (Å²) in [6.07, 6.45) is 0. The molecule has 82 valence electrons. The van der Waals surface area contributed by atoms with Crippen molar-refractivity contribution in [3.8, 4) is 23.0 Å². The van der Waals surface area contributed by atoms with Crippen LogP contribution in [-0.2, 0) is 4.74 Å². The van der Waals surface area contributed by atoms with Gasteiger partial charge in [0.05, 0.1) is 6.61 Å². The van der Waals surface area contributed by atoms with Gasteiger partial charge >= 0.3 is 5.97 Å². The van der Waals surface area contributed by atoms with Crippen molar-refractivity contribution in [2.24, 2.45) is 0 Å². The van der Waals surface area contributed by atoms with Crippen LogP contribution in [0.4, 0.5) is 0 Å². The third kappa shape index (κ3) is 1.88. The average Bonchev–Trinajstić information content (AvgIpc) is 2.20. The van der Waals surface area contributed by atoms with Crippen LogP contribution in [-0.4, -0.2) is 33.0 Å². The van der Waals surface area contributed by atoms with E-state index >= 15 is 0 Å². The van der Waals surface area contributed by atoms with Gasteiger partial charge in [-0.1, -0.05) is 0 Å². The van der Waals surface area contributed by atoms with Gasteiger partial charge in [0.1, 0.15) is 5.56 Å². The van der Waals surface area contributed by atoms with Gasteiger partial charge in [-0.2, -0.15) is 0 Å². The van der Waals surface area contributed by atoms with Gasteiger partial charge in [-0.15, -0.1) is 0 Å². The second kappa shape index (κ2) is 3.95. The van der Waals surface area contributed by atoms with Crippen molar-refractivity contribution < 1.29 is 30.0 Å². The summed E-state index contributed by atoms with van der Waals surface area (Å²) in [5, 5.41) is 36.5. The molecule has 0 unspecified atom stereocenters. The van der Waals surface area contributed by atoms with E-state index in [9.17, 15) is 9.90 Å². The maximum atomic E-state index is 11.2. The zero-order valence-corrected chi connectivity index (χ0v) is 7.89. The number of benzene rings is 1. The molecule has 15 heavy (non-hydrogen) atoms. The molecule has 0 aromatic heterocycles. The second-order valence-electron chi connectivity index (χ2n) is 2.71. The molecule has 0 saturated heterocycles. The SMILES string of the molecule is CCOC(=O)c1cc(O)c(O)c(O)c1O. The summed E-state index contributed by atoms with van der Waals surface area (Å²) < 4.78 is 4.56. The Kier molecular flexibility index (Phi) is 2.89. The van der Waals surface area contributed by atoms with Gasteiger partial charge in [-0.3, -0.25) is 0 Å². The largest absolute Gasteiger partial charge is 0.504 e. The smallest absolute Gasteiger partial charge is 0.342 e. The molecule has 0 aliphatic heterocycles. The normalized spacial score (nSPS) is 9.93. The Morgan fingerprint density at radius 1 is 1.20 bits per heavy atom. The molecule has 0 aliphatic carbocycles. The highest BCUT2D eigenvalue weighted by Gasteiger charge is 2.21. The molecular weight excluding hydrogens is 204 g/mol. The van der Waals surface area contributed by atoms with Crippen LogP contribution in [0.15, 0.2) is 6.07 Å². The lowest BCUT2D eigenvalue weighted by molar-refractivity contribution is 0.0521. The molecule has 1 aromatic carbocycles. The second-order valence-corrected chi connectivity index (χ2v) is 2.71. The molecule has 0 heterocycles. The molecule has 0 bridgehead atoms. The number of phenols is 4. The molecule has 0 amide bonds. The van der Waals surface area contributed by atoms with Gasteiger partial charge in [-0.05, 0) is 6.92 Å². The Hall–Kier alpha value is -2.11. The maximum Gasteiger partial charge on any atom is 0.342 e. The molecule has 0 aliphatic rings. The van der Waals surface area contributed by atoms with Gasteiger partial charge in [0.2, 0.25) is 11.5 Å². The Morgan fingerprint density at radius 2 is 1.80 bits per heavy atom. The van der Waals surface area contributed by atoms with E-state index in [1.165, 1.54) is 0 Å². The number of aromatic hydroxyl groups is 4. The van der Waals surface area contributed by atoms with E-state index < -0.39 is 34.5 Å². The van der Waals surface area contributed by atoms with E-state index in [1.54, 1.807) is 6.92 Å². The molecule has 0 spiro atoms. The number of rotatable bonds is 2. The van der Waals surface area contributed by atoms with Crippen LogP contribution in [0.25, 0.3) is 0 Å². The van der Waals surface area contributed by atoms with Crippen LogP contribution in [0.3, 0.4) is 0 Å². The predicted molar refractivity (Wildman–Crippen MR) is 49.1 cm³/mol. The van der Waals surface area contributed by atoms with Crippen LogP contribution in [0.5, 0.6) is 23.0 Å². The molecule has 1 rings (SSSR count). The van der Waals surface area contributed by atoms with Crippen LogP contribution in [0.1, 0.15) is 17.3 Å². The third-order valence-corrected chi connectivity index (χ3v) is 1.72. The molecule has 6 heteroatoms. The molecule has 0 saturated carbocycles. The lowest BCUT2D eigenvalue weighted by Gasteiger charge is -2.08. The van der Waals surface area contributed by atoms with E-state index in [0.717, 1.165) is 6.07 Å². The minimum absolute atomic E-state index is 0.0840. The Morgan fingerprint density at radius 3 is 2.33 bits per heavy atom. The van der Waals surface area contributed by atoms with E-state index in [2.05, 4.69) is 4.74 Å². The van der Waals surface area contributed by atoms with Crippen LogP contribution >= 0.6 is 0 Å². The molecule has 0 radical (unpaired) electrons. The summed E-state index contributed by atoms with van der Waals surface area (Å²) in [6.45, 7) is 1.65. The quantitative estimate of drug-likeness (QED) is 0.327. The van der Waals surface area contributed by atoms with Gasteiger partial charge < -0.3 is 25.2 Å². The van der Waals surface area contributed by atoms with Crippen LogP contribution in [0, 0.1) is 0 Å². The van der Waals surface area contributed by atoms with Crippen molar-refractivity contribution in [1.82, 2.24) is 0 Å². The first-order chi connectivity index (χ1) is 6.99. The highest BCUT2D eigenvalue weighted by molar-refractivity contribution is 5.94. The van der Waals surface area contributed by atoms with Crippen molar-refractivity contribution in [3.63, 3.8) is 0 Å². The van der Waals surface area contributed by atoms with E-state index in [0.29, 0.717) is 0 Å². The van der Waals surface area contributed by atoms with Gasteiger partial charge in [-0.25, -0.2) is 4.79 Å². The van der Waals surface area contributed by atoms with Crippen LogP contribution < -0.4 is 0 Å². The number of ether oxygens (including phenoxy) is 1. The molecular formula is C9H10O6. The summed E-state index contributed by atoms with van der Waals surface area (Å²) in [5.74, 6) is -4.30. The van der Waals surface area contributed by atoms with Gasteiger partial charge in [0.15, 0.2) is 11.5 Å². The standard InChI is InChI=1S/C9H10O6/c1-2-15-9(14)4-3-5(10)7(12)8(13)6(4)11/h3,10-13H,2H2,1H3. The first kappa shape index (κ1) is 11.0. The molecule has 6 nitrogen and oxygen atoms in total. The highest BCUT2D eigenvalue weighted by Crippen LogP contribution is 2.43. The molecule has 1 aromatic rings. The van der Waals surface area contributed by atoms with Crippen molar-refractivity contribution in [1.29, 1.82) is 0 Å². The van der Waals surface area contributed by atoms with Crippen molar-refractivity contribution in [2.75, 3.05) is 6.61 Å². The molecule has 0 fully saturated rings. The fraction of sp³-hybridized carbons (Fsp3) is 0.222. The summed E-state index contributed by atoms with van der Waals surface area (Å²) >= 11 is 0. The number of hydrogen-bond donors (Lipinski definition) is 4. The lowest BCUT2D eigenvalue weighted by atomic mass is 10.1. The zero-order valence-electron chi connectivity index (χ0n) is 7.89. The minimum atomic E-state index is -0.960. The summed E-state index contributed by atoms with van der Waals surface area (Å²) in [5.41, 5.74) is -0.412. The third-order valence-electron chi connectivity index (χ3n) is 1.72. The molecule has 4 N–H and O–H groups in total. The number of carbonyl (C=O) groups is 1. The summed E-state index contributed by atoms with van der Waals surface area (Å²) in [4.78, 5) is 11.2. The lowest BCUT2D eigenvalue weighted by Crippen LogP contribution is -2.04. The fourth-order valence-corrected chi connectivity index (χ4v) is 0.999. The summed E-state index contributed by atoms with van der Waals surface area (Å²) in [7, 11) is 0. The fourth-order valence-electron chi connectivity index (χ4n) is 0.999. The highest BCUT2D eigenvalue weighted by atomic mass is 16.5. The maximum absolute atomic E-state index is 11.2. The number of hydrogen-bond acceptors (Lipinski definition) is 6. The first-order valence-electron chi connectivity index (χ1n) is 4.13. The van der Waals surface area contributed by atoms with Gasteiger partial charge in [0, 0.05) is 6.07 Å². The predicted octanol–water partition coefficient (Wildman–Crippen LogP) is 0.686. The van der Waals surface area contributed by atoms with Crippen LogP contribution in [0.2, 0.25) is 0 Å². The van der Waals surface area contributed by atoms with Crippen molar-refractivity contribution in [2.45, 2.75) is 6.92 Å². The number of phenolic OH excluding ortho intramolecular Hbond substituents is 4. The van der Waals surface area contributed by atoms with Gasteiger partial charge in [0.25, 0.3) is 0 Å². The first-order valence-corrected chi connectivity index (χ1v) is 4.13. The average molecular weight is 214 g/mol. The number of carbonyl (C=O) groups excluding carboxylic acids is 1. The van der Waals surface area contributed by atoms with Crippen molar-refractivity contribution in [3.05, 3.63) is 11.6 Å². The Labute approximate surface area is 85.0 Å².